The van der Waals surface area contributed by atoms with E-state index in [0.29, 0.717) is 50.5 Å². The molecule has 10 heteroatoms. The van der Waals surface area contributed by atoms with Crippen molar-refractivity contribution in [3.8, 4) is 0 Å². The van der Waals surface area contributed by atoms with Crippen LogP contribution in [-0.2, 0) is 16.1 Å². The van der Waals surface area contributed by atoms with Gasteiger partial charge in [-0.15, -0.1) is 11.3 Å². The first-order valence-electron chi connectivity index (χ1n) is 13.0. The number of carbonyl (C=O) groups is 2. The van der Waals surface area contributed by atoms with Crippen molar-refractivity contribution in [3.63, 3.8) is 0 Å². The van der Waals surface area contributed by atoms with E-state index in [2.05, 4.69) is 23.0 Å². The molecule has 38 heavy (non-hydrogen) atoms. The van der Waals surface area contributed by atoms with Crippen LogP contribution in [0.1, 0.15) is 59.5 Å². The molecule has 3 aromatic rings. The first kappa shape index (κ1) is 27.5. The number of amides is 2. The van der Waals surface area contributed by atoms with Gasteiger partial charge in [0.05, 0.1) is 18.3 Å². The van der Waals surface area contributed by atoms with E-state index >= 15 is 0 Å². The summed E-state index contributed by atoms with van der Waals surface area (Å²) in [4.78, 5) is 50.4. The molecule has 4 rings (SSSR count). The second kappa shape index (κ2) is 12.8. The number of anilines is 2. The second-order valence-corrected chi connectivity index (χ2v) is 10.5. The van der Waals surface area contributed by atoms with Gasteiger partial charge in [-0.3, -0.25) is 14.6 Å². The van der Waals surface area contributed by atoms with Gasteiger partial charge in [-0.2, -0.15) is 0 Å². The Hall–Kier alpha value is -3.50. The molecule has 2 aromatic heterocycles. The topological polar surface area (TPSA) is 98.8 Å². The summed E-state index contributed by atoms with van der Waals surface area (Å²) in [5, 5.41) is 2.03. The number of carbonyl (C=O) groups excluding carboxylic acids is 2. The largest absolute Gasteiger partial charge is 0.368 e. The molecule has 1 aliphatic rings. The van der Waals surface area contributed by atoms with E-state index in [0.717, 1.165) is 29.0 Å². The summed E-state index contributed by atoms with van der Waals surface area (Å²) in [6.45, 7) is 4.10. The van der Waals surface area contributed by atoms with Crippen LogP contribution in [0.5, 0.6) is 0 Å². The van der Waals surface area contributed by atoms with Gasteiger partial charge < -0.3 is 19.4 Å². The number of likely N-dealkylation sites (N-methyl/N-ethyl adjacent to an activating group) is 1. The first-order valence-corrected chi connectivity index (χ1v) is 13.9. The molecule has 202 valence electrons. The Labute approximate surface area is 227 Å². The van der Waals surface area contributed by atoms with Crippen LogP contribution in [0.3, 0.4) is 0 Å². The van der Waals surface area contributed by atoms with Gasteiger partial charge in [0.15, 0.2) is 0 Å². The summed E-state index contributed by atoms with van der Waals surface area (Å²) < 4.78 is 6.38. The predicted octanol–water partition coefficient (Wildman–Crippen LogP) is 4.22. The molecule has 9 nitrogen and oxygen atoms in total. The van der Waals surface area contributed by atoms with Crippen LogP contribution >= 0.6 is 11.3 Å². The molecule has 0 radical (unpaired) electrons. The lowest BCUT2D eigenvalue weighted by Crippen LogP contribution is -2.33. The number of unbranched alkanes of at least 4 members (excludes halogenated alkanes) is 1. The maximum Gasteiger partial charge on any atom is 0.346 e. The van der Waals surface area contributed by atoms with Gasteiger partial charge in [0.2, 0.25) is 5.91 Å². The van der Waals surface area contributed by atoms with Crippen LogP contribution in [0, 0.1) is 0 Å². The normalized spacial score (nSPS) is 14.2. The fourth-order valence-electron chi connectivity index (χ4n) is 4.45. The van der Waals surface area contributed by atoms with E-state index in [-0.39, 0.29) is 17.9 Å². The Morgan fingerprint density at radius 2 is 2.08 bits per heavy atom. The quantitative estimate of drug-likeness (QED) is 0.393. The molecule has 3 heterocycles. The zero-order valence-corrected chi connectivity index (χ0v) is 23.0. The molecule has 0 saturated heterocycles. The summed E-state index contributed by atoms with van der Waals surface area (Å²) in [6, 6.07) is 11.8. The van der Waals surface area contributed by atoms with Crippen LogP contribution in [0.2, 0.25) is 0 Å². The van der Waals surface area contributed by atoms with E-state index in [1.54, 1.807) is 21.1 Å². The number of H-pyrrole nitrogens is 1. The van der Waals surface area contributed by atoms with Crippen LogP contribution in [0.15, 0.2) is 52.8 Å². The summed E-state index contributed by atoms with van der Waals surface area (Å²) in [6.07, 6.45) is 4.39. The Bertz CT molecular complexity index is 1290. The average Bonchev–Trinajstić information content (AvgIpc) is 3.42. The van der Waals surface area contributed by atoms with Crippen molar-refractivity contribution in [2.75, 3.05) is 43.5 Å². The van der Waals surface area contributed by atoms with Crippen LogP contribution in [0.4, 0.5) is 11.5 Å². The van der Waals surface area contributed by atoms with Crippen LogP contribution in [-0.4, -0.2) is 60.4 Å². The molecule has 0 fully saturated rings. The molecule has 0 bridgehead atoms. The highest BCUT2D eigenvalue weighted by Crippen LogP contribution is 2.29. The smallest absolute Gasteiger partial charge is 0.346 e. The molecular weight excluding hydrogens is 502 g/mol. The van der Waals surface area contributed by atoms with E-state index < -0.39 is 5.69 Å². The fourth-order valence-corrected chi connectivity index (χ4v) is 5.25. The molecule has 1 aromatic carbocycles. The average molecular weight is 538 g/mol. The first-order chi connectivity index (χ1) is 18.4. The molecule has 1 aliphatic heterocycles. The molecule has 1 N–H and O–H groups in total. The number of rotatable bonds is 11. The van der Waals surface area contributed by atoms with E-state index in [1.165, 1.54) is 6.20 Å². The van der Waals surface area contributed by atoms with Gasteiger partial charge in [0.1, 0.15) is 5.82 Å². The maximum absolute atomic E-state index is 13.4. The number of hydrogen-bond acceptors (Lipinski definition) is 7. The molecule has 0 saturated carbocycles. The molecule has 0 spiro atoms. The van der Waals surface area contributed by atoms with Gasteiger partial charge in [-0.05, 0) is 42.0 Å². The van der Waals surface area contributed by atoms with Gasteiger partial charge in [0.25, 0.3) is 5.91 Å². The van der Waals surface area contributed by atoms with Gasteiger partial charge >= 0.3 is 5.69 Å². The minimum absolute atomic E-state index is 0.136. The maximum atomic E-state index is 13.4. The number of thiophene rings is 1. The molecule has 1 atom stereocenters. The van der Waals surface area contributed by atoms with Crippen LogP contribution in [0.25, 0.3) is 0 Å². The Kier molecular flexibility index (Phi) is 9.30. The number of fused-ring (bicyclic) bond motifs is 1. The van der Waals surface area contributed by atoms with Crippen molar-refractivity contribution in [1.29, 1.82) is 0 Å². The van der Waals surface area contributed by atoms with Crippen molar-refractivity contribution in [2.45, 2.75) is 45.3 Å². The predicted molar refractivity (Wildman–Crippen MR) is 150 cm³/mol. The summed E-state index contributed by atoms with van der Waals surface area (Å²) in [7, 11) is 3.70. The summed E-state index contributed by atoms with van der Waals surface area (Å²) >= 11 is 1.65. The van der Waals surface area contributed by atoms with Gasteiger partial charge in [-0.1, -0.05) is 31.5 Å². The van der Waals surface area contributed by atoms with Gasteiger partial charge in [-0.25, -0.2) is 9.78 Å². The summed E-state index contributed by atoms with van der Waals surface area (Å²) in [5.41, 5.74) is 1.59. The summed E-state index contributed by atoms with van der Waals surface area (Å²) in [5.74, 6) is 0.436. The Morgan fingerprint density at radius 1 is 1.24 bits per heavy atom. The third kappa shape index (κ3) is 6.68. The number of aromatic nitrogens is 2. The third-order valence-corrected chi connectivity index (χ3v) is 7.70. The zero-order valence-electron chi connectivity index (χ0n) is 22.2. The van der Waals surface area contributed by atoms with Crippen molar-refractivity contribution in [2.24, 2.45) is 0 Å². The lowest BCUT2D eigenvalue weighted by atomic mass is 10.1. The van der Waals surface area contributed by atoms with Crippen molar-refractivity contribution in [1.82, 2.24) is 14.9 Å². The van der Waals surface area contributed by atoms with Gasteiger partial charge in [0, 0.05) is 56.9 Å². The lowest BCUT2D eigenvalue weighted by molar-refractivity contribution is -0.130. The third-order valence-electron chi connectivity index (χ3n) is 6.74. The van der Waals surface area contributed by atoms with E-state index in [4.69, 9.17) is 4.74 Å². The Morgan fingerprint density at radius 3 is 2.84 bits per heavy atom. The highest BCUT2D eigenvalue weighted by atomic mass is 32.1. The second-order valence-electron chi connectivity index (χ2n) is 9.52. The lowest BCUT2D eigenvalue weighted by Gasteiger charge is -2.23. The van der Waals surface area contributed by atoms with Crippen LogP contribution < -0.4 is 15.5 Å². The number of hydrogen-bond donors (Lipinski definition) is 1. The minimum Gasteiger partial charge on any atom is -0.368 e. The standard InChI is InChI=1S/C28H35N5O4S/c1-4-5-11-25(34)31(2)13-12-23(24-10-7-16-38-24)37-19-20-8-6-9-21(17-20)33-15-14-32(3)26-22(27(33)35)18-29-28(36)30-26/h6-10,16-18,23H,4-5,11-15,19H2,1-3H3,(H,29,30,36). The minimum atomic E-state index is -0.479. The molecule has 0 aliphatic carbocycles. The zero-order chi connectivity index (χ0) is 27.1. The van der Waals surface area contributed by atoms with Crippen molar-refractivity contribution >= 4 is 34.7 Å². The SMILES string of the molecule is CCCCC(=O)N(C)CCC(OCc1cccc(N2CCN(C)c3[nH]c(=O)ncc3C2=O)c1)c1cccs1. The fraction of sp³-hybridized carbons (Fsp3) is 0.429. The number of aromatic amines is 1. The highest BCUT2D eigenvalue weighted by Gasteiger charge is 2.27. The number of nitrogens with zero attached hydrogens (tertiary/aromatic N) is 4. The van der Waals surface area contributed by atoms with E-state index in [1.807, 2.05) is 54.7 Å². The molecule has 1 unspecified atom stereocenters. The van der Waals surface area contributed by atoms with Crippen molar-refractivity contribution < 1.29 is 14.3 Å². The Balaban J connectivity index is 1.45. The van der Waals surface area contributed by atoms with E-state index in [9.17, 15) is 14.4 Å². The molecular formula is C28H35N5O4S. The number of benzene rings is 1. The highest BCUT2D eigenvalue weighted by molar-refractivity contribution is 7.10. The van der Waals surface area contributed by atoms with Crippen molar-refractivity contribution in [3.05, 3.63) is 74.5 Å². The number of nitrogens with one attached hydrogen (secondary N) is 1. The number of ether oxygens (including phenoxy) is 1. The molecule has 2 amide bonds. The monoisotopic (exact) mass is 537 g/mol.